The third kappa shape index (κ3) is 3.49. The van der Waals surface area contributed by atoms with Gasteiger partial charge in [-0.1, -0.05) is 61.8 Å². The first-order chi connectivity index (χ1) is 9.47. The second-order valence-corrected chi connectivity index (χ2v) is 6.00. The average molecular weight is 287 g/mol. The highest BCUT2D eigenvalue weighted by molar-refractivity contribution is 6.31. The summed E-state index contributed by atoms with van der Waals surface area (Å²) in [4.78, 5) is 12.4. The van der Waals surface area contributed by atoms with Gasteiger partial charge in [-0.25, -0.2) is 0 Å². The summed E-state index contributed by atoms with van der Waals surface area (Å²) in [6.45, 7) is 6.30. The fourth-order valence-electron chi connectivity index (χ4n) is 2.16. The van der Waals surface area contributed by atoms with Gasteiger partial charge in [0.05, 0.1) is 0 Å². The molecule has 0 heterocycles. The maximum atomic E-state index is 12.4. The lowest BCUT2D eigenvalue weighted by Gasteiger charge is -2.07. The van der Waals surface area contributed by atoms with Crippen molar-refractivity contribution < 1.29 is 4.79 Å². The van der Waals surface area contributed by atoms with Crippen LogP contribution in [0, 0.1) is 12.8 Å². The third-order valence-corrected chi connectivity index (χ3v) is 3.70. The van der Waals surface area contributed by atoms with E-state index in [9.17, 15) is 4.79 Å². The molecule has 1 nitrogen and oxygen atoms in total. The molecule has 0 N–H and O–H groups in total. The Hall–Kier alpha value is -1.60. The minimum absolute atomic E-state index is 0.0167. The summed E-state index contributed by atoms with van der Waals surface area (Å²) in [5.74, 6) is 0.635. The van der Waals surface area contributed by atoms with Crippen molar-refractivity contribution in [3.8, 4) is 0 Å². The van der Waals surface area contributed by atoms with Crippen LogP contribution in [0.25, 0.3) is 0 Å². The van der Waals surface area contributed by atoms with Gasteiger partial charge in [0.2, 0.25) is 0 Å². The van der Waals surface area contributed by atoms with Gasteiger partial charge in [0.15, 0.2) is 5.78 Å². The Morgan fingerprint density at radius 3 is 2.20 bits per heavy atom. The van der Waals surface area contributed by atoms with Crippen molar-refractivity contribution >= 4 is 17.4 Å². The van der Waals surface area contributed by atoms with Crippen LogP contribution in [-0.2, 0) is 6.42 Å². The van der Waals surface area contributed by atoms with E-state index in [4.69, 9.17) is 11.6 Å². The van der Waals surface area contributed by atoms with Crippen molar-refractivity contribution in [2.24, 2.45) is 5.92 Å². The number of rotatable bonds is 4. The van der Waals surface area contributed by atoms with Crippen LogP contribution < -0.4 is 0 Å². The van der Waals surface area contributed by atoms with Crippen LogP contribution in [0.2, 0.25) is 5.02 Å². The molecular weight excluding hydrogens is 268 g/mol. The normalized spacial score (nSPS) is 10.8. The van der Waals surface area contributed by atoms with Gasteiger partial charge < -0.3 is 0 Å². The molecule has 0 bridgehead atoms. The number of aryl methyl sites for hydroxylation is 1. The molecule has 2 rings (SSSR count). The Morgan fingerprint density at radius 2 is 1.65 bits per heavy atom. The van der Waals surface area contributed by atoms with E-state index in [1.807, 2.05) is 43.3 Å². The summed E-state index contributed by atoms with van der Waals surface area (Å²) in [5.41, 5.74) is 3.59. The molecule has 20 heavy (non-hydrogen) atoms. The van der Waals surface area contributed by atoms with E-state index in [2.05, 4.69) is 13.8 Å². The Kier molecular flexibility index (Phi) is 4.61. The second kappa shape index (κ2) is 6.23. The molecule has 0 aliphatic heterocycles. The first kappa shape index (κ1) is 14.8. The van der Waals surface area contributed by atoms with Gasteiger partial charge in [0.25, 0.3) is 0 Å². The molecule has 2 aromatic rings. The first-order valence-corrected chi connectivity index (χ1v) is 7.25. The zero-order valence-corrected chi connectivity index (χ0v) is 12.9. The number of ketones is 1. The smallest absolute Gasteiger partial charge is 0.193 e. The molecule has 2 heteroatoms. The van der Waals surface area contributed by atoms with E-state index in [1.165, 1.54) is 5.56 Å². The van der Waals surface area contributed by atoms with E-state index >= 15 is 0 Å². The minimum Gasteiger partial charge on any atom is -0.289 e. The molecule has 0 aliphatic rings. The van der Waals surface area contributed by atoms with Crippen LogP contribution in [0.1, 0.15) is 40.9 Å². The average Bonchev–Trinajstić information content (AvgIpc) is 2.41. The first-order valence-electron chi connectivity index (χ1n) is 6.87. The molecule has 0 atom stereocenters. The van der Waals surface area contributed by atoms with Gasteiger partial charge in [-0.2, -0.15) is 0 Å². The van der Waals surface area contributed by atoms with Crippen LogP contribution in [0.15, 0.2) is 42.5 Å². The molecule has 0 radical (unpaired) electrons. The predicted octanol–water partition coefficient (Wildman–Crippen LogP) is 5.08. The predicted molar refractivity (Wildman–Crippen MR) is 84.6 cm³/mol. The lowest BCUT2D eigenvalue weighted by Crippen LogP contribution is -2.02. The SMILES string of the molecule is Cc1ccc(C(=O)c2ccc(CC(C)C)cc2)cc1Cl. The molecule has 0 saturated carbocycles. The highest BCUT2D eigenvalue weighted by atomic mass is 35.5. The lowest BCUT2D eigenvalue weighted by atomic mass is 9.98. The van der Waals surface area contributed by atoms with Crippen molar-refractivity contribution in [3.63, 3.8) is 0 Å². The van der Waals surface area contributed by atoms with E-state index in [-0.39, 0.29) is 5.78 Å². The molecular formula is C18H19ClO. The maximum Gasteiger partial charge on any atom is 0.193 e. The maximum absolute atomic E-state index is 12.4. The molecule has 0 aliphatic carbocycles. The van der Waals surface area contributed by atoms with E-state index in [0.717, 1.165) is 12.0 Å². The Balaban J connectivity index is 2.22. The summed E-state index contributed by atoms with van der Waals surface area (Å²) in [6, 6.07) is 13.3. The number of hydrogen-bond donors (Lipinski definition) is 0. The van der Waals surface area contributed by atoms with Crippen molar-refractivity contribution in [1.82, 2.24) is 0 Å². The summed E-state index contributed by atoms with van der Waals surface area (Å²) in [7, 11) is 0. The number of halogens is 1. The van der Waals surface area contributed by atoms with Crippen LogP contribution in [0.3, 0.4) is 0 Å². The van der Waals surface area contributed by atoms with Gasteiger partial charge in [0, 0.05) is 16.1 Å². The van der Waals surface area contributed by atoms with E-state index < -0.39 is 0 Å². The lowest BCUT2D eigenvalue weighted by molar-refractivity contribution is 0.103. The van der Waals surface area contributed by atoms with Gasteiger partial charge >= 0.3 is 0 Å². The number of carbonyl (C=O) groups is 1. The van der Waals surface area contributed by atoms with Crippen molar-refractivity contribution in [2.75, 3.05) is 0 Å². The molecule has 0 amide bonds. The fraction of sp³-hybridized carbons (Fsp3) is 0.278. The summed E-state index contributed by atoms with van der Waals surface area (Å²) < 4.78 is 0. The molecule has 2 aromatic carbocycles. The van der Waals surface area contributed by atoms with E-state index in [0.29, 0.717) is 22.1 Å². The zero-order chi connectivity index (χ0) is 14.7. The van der Waals surface area contributed by atoms with Crippen LogP contribution in [0.5, 0.6) is 0 Å². The number of hydrogen-bond acceptors (Lipinski definition) is 1. The molecule has 0 unspecified atom stereocenters. The van der Waals surface area contributed by atoms with Gasteiger partial charge in [0.1, 0.15) is 0 Å². The monoisotopic (exact) mass is 286 g/mol. The number of carbonyl (C=O) groups excluding carboxylic acids is 1. The summed E-state index contributed by atoms with van der Waals surface area (Å²) >= 11 is 6.08. The fourth-order valence-corrected chi connectivity index (χ4v) is 2.34. The number of benzene rings is 2. The van der Waals surface area contributed by atoms with E-state index in [1.54, 1.807) is 6.07 Å². The Morgan fingerprint density at radius 1 is 1.05 bits per heavy atom. The second-order valence-electron chi connectivity index (χ2n) is 5.59. The quantitative estimate of drug-likeness (QED) is 0.717. The third-order valence-electron chi connectivity index (χ3n) is 3.29. The van der Waals surface area contributed by atoms with Gasteiger partial charge in [-0.05, 0) is 36.5 Å². The van der Waals surface area contributed by atoms with Crippen LogP contribution in [-0.4, -0.2) is 5.78 Å². The zero-order valence-electron chi connectivity index (χ0n) is 12.1. The van der Waals surface area contributed by atoms with Gasteiger partial charge in [-0.15, -0.1) is 0 Å². The molecule has 0 aromatic heterocycles. The Labute approximate surface area is 125 Å². The molecule has 0 fully saturated rings. The summed E-state index contributed by atoms with van der Waals surface area (Å²) in [6.07, 6.45) is 1.03. The van der Waals surface area contributed by atoms with Gasteiger partial charge in [-0.3, -0.25) is 4.79 Å². The van der Waals surface area contributed by atoms with Crippen LogP contribution >= 0.6 is 11.6 Å². The topological polar surface area (TPSA) is 17.1 Å². The van der Waals surface area contributed by atoms with Crippen molar-refractivity contribution in [1.29, 1.82) is 0 Å². The van der Waals surface area contributed by atoms with Crippen molar-refractivity contribution in [3.05, 3.63) is 69.7 Å². The molecule has 0 saturated heterocycles. The summed E-state index contributed by atoms with van der Waals surface area (Å²) in [5, 5.41) is 0.632. The highest BCUT2D eigenvalue weighted by Gasteiger charge is 2.10. The minimum atomic E-state index is 0.0167. The van der Waals surface area contributed by atoms with Crippen LogP contribution in [0.4, 0.5) is 0 Å². The van der Waals surface area contributed by atoms with Crippen molar-refractivity contribution in [2.45, 2.75) is 27.2 Å². The highest BCUT2D eigenvalue weighted by Crippen LogP contribution is 2.19. The largest absolute Gasteiger partial charge is 0.289 e. The molecule has 104 valence electrons. The standard InChI is InChI=1S/C18H19ClO/c1-12(2)10-14-5-8-15(9-6-14)18(20)16-7-4-13(3)17(19)11-16/h4-9,11-12H,10H2,1-3H3. The molecule has 0 spiro atoms. The Bertz CT molecular complexity index is 612.